The Hall–Kier alpha value is -3.78. The maximum Gasteiger partial charge on any atom is 0.259 e. The fourth-order valence-corrected chi connectivity index (χ4v) is 5.10. The molecule has 2 aliphatic rings. The number of nitrogens with zero attached hydrogens (tertiary/aromatic N) is 3. The third-order valence-electron chi connectivity index (χ3n) is 7.10. The van der Waals surface area contributed by atoms with Crippen LogP contribution in [-0.2, 0) is 19.4 Å². The number of rotatable bonds is 8. The summed E-state index contributed by atoms with van der Waals surface area (Å²) in [4.78, 5) is 37.5. The van der Waals surface area contributed by atoms with Crippen LogP contribution in [0, 0.1) is 12.7 Å². The topological polar surface area (TPSA) is 80.8 Å². The zero-order valence-corrected chi connectivity index (χ0v) is 21.7. The molecular weight excluding hydrogens is 469 g/mol. The van der Waals surface area contributed by atoms with Gasteiger partial charge in [-0.15, -0.1) is 0 Å². The molecule has 0 saturated heterocycles. The number of hydrogen-bond donors (Lipinski definition) is 2. The number of fused-ring (bicyclic) bond motifs is 2. The molecule has 0 radical (unpaired) electrons. The number of pyridine rings is 1. The van der Waals surface area contributed by atoms with Crippen LogP contribution in [-0.4, -0.2) is 59.6 Å². The SMILES string of the molecule is Cc1ccc(F)cc1C[C@H](C)Nc1cc[nH]c(=O)c1C1=Nc2cc3c(cc2C1)C(=O)N(CCN(C)C)C3. The lowest BCUT2D eigenvalue weighted by Gasteiger charge is -2.19. The molecule has 5 rings (SSSR count). The maximum absolute atomic E-state index is 13.8. The van der Waals surface area contributed by atoms with Gasteiger partial charge in [-0.3, -0.25) is 14.6 Å². The third kappa shape index (κ3) is 5.06. The molecule has 2 N–H and O–H groups in total. The molecule has 0 saturated carbocycles. The van der Waals surface area contributed by atoms with E-state index in [4.69, 9.17) is 4.99 Å². The Morgan fingerprint density at radius 2 is 1.97 bits per heavy atom. The minimum absolute atomic E-state index is 0.0417. The molecule has 0 unspecified atom stereocenters. The van der Waals surface area contributed by atoms with Crippen molar-refractivity contribution in [1.82, 2.24) is 14.8 Å². The third-order valence-corrected chi connectivity index (χ3v) is 7.10. The molecule has 0 spiro atoms. The molecule has 8 heteroatoms. The number of aromatic nitrogens is 1. The van der Waals surface area contributed by atoms with Gasteiger partial charge in [0, 0.05) is 43.9 Å². The number of anilines is 1. The number of carbonyl (C=O) groups excluding carboxylic acids is 1. The van der Waals surface area contributed by atoms with Crippen LogP contribution in [0.5, 0.6) is 0 Å². The Kier molecular flexibility index (Phi) is 6.69. The zero-order chi connectivity index (χ0) is 26.3. The summed E-state index contributed by atoms with van der Waals surface area (Å²) < 4.78 is 13.8. The molecule has 0 fully saturated rings. The van der Waals surface area contributed by atoms with Gasteiger partial charge in [0.1, 0.15) is 5.82 Å². The van der Waals surface area contributed by atoms with Crippen molar-refractivity contribution < 1.29 is 9.18 Å². The molecule has 3 heterocycles. The normalized spacial score (nSPS) is 15.1. The Balaban J connectivity index is 1.38. The Bertz CT molecular complexity index is 1460. The Morgan fingerprint density at radius 1 is 1.16 bits per heavy atom. The largest absolute Gasteiger partial charge is 0.382 e. The van der Waals surface area contributed by atoms with Gasteiger partial charge in [0.15, 0.2) is 0 Å². The van der Waals surface area contributed by atoms with Gasteiger partial charge in [-0.05, 0) is 86.9 Å². The number of carbonyl (C=O) groups is 1. The van der Waals surface area contributed by atoms with Gasteiger partial charge in [0.25, 0.3) is 11.5 Å². The number of aryl methyl sites for hydroxylation is 1. The molecule has 37 heavy (non-hydrogen) atoms. The van der Waals surface area contributed by atoms with Crippen molar-refractivity contribution in [1.29, 1.82) is 0 Å². The monoisotopic (exact) mass is 501 g/mol. The van der Waals surface area contributed by atoms with Crippen molar-refractivity contribution in [2.75, 3.05) is 32.5 Å². The second-order valence-electron chi connectivity index (χ2n) is 10.3. The summed E-state index contributed by atoms with van der Waals surface area (Å²) in [7, 11) is 3.99. The van der Waals surface area contributed by atoms with Crippen LogP contribution in [0.15, 0.2) is 52.4 Å². The van der Waals surface area contributed by atoms with E-state index < -0.39 is 0 Å². The van der Waals surface area contributed by atoms with E-state index in [2.05, 4.69) is 15.2 Å². The van der Waals surface area contributed by atoms with Gasteiger partial charge in [0.05, 0.1) is 22.6 Å². The highest BCUT2D eigenvalue weighted by Crippen LogP contribution is 2.36. The van der Waals surface area contributed by atoms with E-state index in [0.29, 0.717) is 42.9 Å². The minimum atomic E-state index is -0.256. The number of aromatic amines is 1. The van der Waals surface area contributed by atoms with Gasteiger partial charge < -0.3 is 20.1 Å². The first-order valence-corrected chi connectivity index (χ1v) is 12.6. The molecule has 3 aromatic rings. The smallest absolute Gasteiger partial charge is 0.259 e. The summed E-state index contributed by atoms with van der Waals surface area (Å²) in [5.41, 5.74) is 7.08. The second-order valence-corrected chi connectivity index (χ2v) is 10.3. The molecule has 2 aliphatic heterocycles. The average Bonchev–Trinajstić information content (AvgIpc) is 3.38. The minimum Gasteiger partial charge on any atom is -0.382 e. The highest BCUT2D eigenvalue weighted by Gasteiger charge is 2.31. The summed E-state index contributed by atoms with van der Waals surface area (Å²) in [6.45, 7) is 6.05. The maximum atomic E-state index is 13.8. The van der Waals surface area contributed by atoms with Gasteiger partial charge in [0.2, 0.25) is 0 Å². The van der Waals surface area contributed by atoms with E-state index in [9.17, 15) is 14.0 Å². The van der Waals surface area contributed by atoms with Crippen molar-refractivity contribution in [2.24, 2.45) is 4.99 Å². The van der Waals surface area contributed by atoms with Crippen molar-refractivity contribution in [2.45, 2.75) is 39.3 Å². The second kappa shape index (κ2) is 9.94. The summed E-state index contributed by atoms with van der Waals surface area (Å²) in [6, 6.07) is 10.5. The first-order chi connectivity index (χ1) is 17.7. The number of likely N-dealkylation sites (N-methyl/N-ethyl adjacent to an activating group) is 1. The van der Waals surface area contributed by atoms with Crippen LogP contribution in [0.1, 0.15) is 45.1 Å². The van der Waals surface area contributed by atoms with Crippen molar-refractivity contribution in [3.05, 3.63) is 92.1 Å². The van der Waals surface area contributed by atoms with E-state index >= 15 is 0 Å². The number of hydrogen-bond acceptors (Lipinski definition) is 5. The number of benzene rings is 2. The van der Waals surface area contributed by atoms with Crippen molar-refractivity contribution >= 4 is 23.0 Å². The van der Waals surface area contributed by atoms with E-state index in [1.807, 2.05) is 51.0 Å². The molecule has 7 nitrogen and oxygen atoms in total. The van der Waals surface area contributed by atoms with E-state index in [1.54, 1.807) is 18.3 Å². The van der Waals surface area contributed by atoms with Gasteiger partial charge >= 0.3 is 0 Å². The fraction of sp³-hybridized carbons (Fsp3) is 0.345. The van der Waals surface area contributed by atoms with E-state index in [1.165, 1.54) is 6.07 Å². The average molecular weight is 502 g/mol. The molecule has 1 atom stereocenters. The predicted molar refractivity (Wildman–Crippen MR) is 145 cm³/mol. The summed E-state index contributed by atoms with van der Waals surface area (Å²) in [5, 5.41) is 3.44. The number of nitrogens with one attached hydrogen (secondary N) is 2. The summed E-state index contributed by atoms with van der Waals surface area (Å²) in [6.07, 6.45) is 2.71. The molecule has 192 valence electrons. The molecule has 2 aromatic carbocycles. The summed E-state index contributed by atoms with van der Waals surface area (Å²) in [5.74, 6) is -0.205. The van der Waals surface area contributed by atoms with E-state index in [-0.39, 0.29) is 23.3 Å². The molecule has 0 bridgehead atoms. The van der Waals surface area contributed by atoms with Gasteiger partial charge in [-0.25, -0.2) is 4.39 Å². The zero-order valence-electron chi connectivity index (χ0n) is 21.7. The number of halogens is 1. The number of H-pyrrole nitrogens is 1. The van der Waals surface area contributed by atoms with Crippen LogP contribution in [0.25, 0.3) is 0 Å². The van der Waals surface area contributed by atoms with Crippen LogP contribution in [0.3, 0.4) is 0 Å². The van der Waals surface area contributed by atoms with Crippen LogP contribution >= 0.6 is 0 Å². The van der Waals surface area contributed by atoms with Gasteiger partial charge in [-0.1, -0.05) is 6.07 Å². The van der Waals surface area contributed by atoms with E-state index in [0.717, 1.165) is 40.0 Å². The van der Waals surface area contributed by atoms with Crippen molar-refractivity contribution in [3.8, 4) is 0 Å². The fourth-order valence-electron chi connectivity index (χ4n) is 5.10. The Labute approximate surface area is 216 Å². The molecule has 0 aliphatic carbocycles. The first kappa shape index (κ1) is 24.9. The van der Waals surface area contributed by atoms with Crippen molar-refractivity contribution in [3.63, 3.8) is 0 Å². The number of amides is 1. The lowest BCUT2D eigenvalue weighted by molar-refractivity contribution is 0.0768. The Morgan fingerprint density at radius 3 is 2.76 bits per heavy atom. The van der Waals surface area contributed by atoms with Crippen LogP contribution < -0.4 is 10.9 Å². The first-order valence-electron chi connectivity index (χ1n) is 12.6. The lowest BCUT2D eigenvalue weighted by atomic mass is 9.99. The summed E-state index contributed by atoms with van der Waals surface area (Å²) >= 11 is 0. The predicted octanol–water partition coefficient (Wildman–Crippen LogP) is 4.06. The number of aliphatic imine (C=N–C) groups is 1. The standard InChI is InChI=1S/C29H32FN5O2/c1-17-5-6-22(30)12-19(17)11-18(2)32-24-7-8-31-28(36)27(24)26-14-20-13-23-21(15-25(20)33-26)16-35(29(23)37)10-9-34(3)4/h5-8,12-13,15,18H,9-11,14,16H2,1-4H3,(H2,31,32,36)/t18-/m0/s1. The van der Waals surface area contributed by atoms with Gasteiger partial charge in [-0.2, -0.15) is 0 Å². The lowest BCUT2D eigenvalue weighted by Crippen LogP contribution is -2.31. The molecule has 1 amide bonds. The highest BCUT2D eigenvalue weighted by molar-refractivity contribution is 6.10. The quantitative estimate of drug-likeness (QED) is 0.488. The van der Waals surface area contributed by atoms with Crippen LogP contribution in [0.4, 0.5) is 15.8 Å². The molecular formula is C29H32FN5O2. The molecule has 1 aromatic heterocycles. The highest BCUT2D eigenvalue weighted by atomic mass is 19.1. The van der Waals surface area contributed by atoms with Crippen LogP contribution in [0.2, 0.25) is 0 Å².